The second-order valence-corrected chi connectivity index (χ2v) is 5.78. The van der Waals surface area contributed by atoms with Gasteiger partial charge in [0, 0.05) is 6.54 Å². The van der Waals surface area contributed by atoms with Crippen molar-refractivity contribution in [3.05, 3.63) is 0 Å². The summed E-state index contributed by atoms with van der Waals surface area (Å²) in [5.74, 6) is 0. The van der Waals surface area contributed by atoms with Gasteiger partial charge in [-0.3, -0.25) is 0 Å². The van der Waals surface area contributed by atoms with Crippen LogP contribution in [0.2, 0.25) is 0 Å². The number of unbranched alkanes of at least 4 members (excludes halogenated alkanes) is 6. The van der Waals surface area contributed by atoms with Gasteiger partial charge in [-0.05, 0) is 34.1 Å². The lowest BCUT2D eigenvalue weighted by Gasteiger charge is -2.37. The van der Waals surface area contributed by atoms with Crippen LogP contribution in [0.4, 0.5) is 0 Å². The van der Waals surface area contributed by atoms with Crippen molar-refractivity contribution in [1.29, 1.82) is 0 Å². The van der Waals surface area contributed by atoms with Gasteiger partial charge in [0.2, 0.25) is 0 Å². The highest BCUT2D eigenvalue weighted by atomic mass is 15.2. The number of nitrogens with zero attached hydrogens (tertiary/aromatic N) is 1. The summed E-state index contributed by atoms with van der Waals surface area (Å²) in [6, 6.07) is 0. The Kier molecular flexibility index (Phi) is 11.6. The molecule has 0 aliphatic rings. The second kappa shape index (κ2) is 11.7. The van der Waals surface area contributed by atoms with Crippen molar-refractivity contribution in [2.24, 2.45) is 0 Å². The number of hydrogen-bond donors (Lipinski definition) is 2. The lowest BCUT2D eigenvalue weighted by molar-refractivity contribution is 0.177. The highest BCUT2D eigenvalue weighted by Gasteiger charge is 2.26. The molecule has 0 amide bonds. The summed E-state index contributed by atoms with van der Waals surface area (Å²) in [6.45, 7) is 6.65. The monoisotopic (exact) mass is 271 g/mol. The van der Waals surface area contributed by atoms with Crippen LogP contribution in [0.15, 0.2) is 0 Å². The fourth-order valence-corrected chi connectivity index (χ4v) is 2.57. The molecule has 0 saturated carbocycles. The van der Waals surface area contributed by atoms with E-state index >= 15 is 0 Å². The molecule has 0 fully saturated rings. The van der Waals surface area contributed by atoms with Crippen molar-refractivity contribution in [2.75, 3.05) is 34.2 Å². The fraction of sp³-hybridized carbons (Fsp3) is 1.00. The molecule has 0 aliphatic carbocycles. The normalized spacial score (nSPS) is 12.3. The average molecular weight is 271 g/mol. The zero-order valence-corrected chi connectivity index (χ0v) is 14.0. The summed E-state index contributed by atoms with van der Waals surface area (Å²) in [6.07, 6.45) is 10.8. The molecule has 0 unspecified atom stereocenters. The van der Waals surface area contributed by atoms with E-state index < -0.39 is 0 Å². The van der Waals surface area contributed by atoms with Crippen LogP contribution < -0.4 is 10.6 Å². The first kappa shape index (κ1) is 18.9. The summed E-state index contributed by atoms with van der Waals surface area (Å²) in [4.78, 5) is 2.37. The standard InChI is InChI=1S/C16H37N3/c1-6-8-9-10-11-12-13-14-16(17-3,18-4)15-19(5)7-2/h17-18H,6-15H2,1-5H3. The third kappa shape index (κ3) is 8.61. The molecule has 0 heterocycles. The summed E-state index contributed by atoms with van der Waals surface area (Å²) in [7, 11) is 6.33. The Balaban J connectivity index is 3.87. The van der Waals surface area contributed by atoms with Crippen LogP contribution in [0.1, 0.15) is 65.2 Å². The Hall–Kier alpha value is -0.120. The highest BCUT2D eigenvalue weighted by Crippen LogP contribution is 2.15. The van der Waals surface area contributed by atoms with Gasteiger partial charge >= 0.3 is 0 Å². The third-order valence-corrected chi connectivity index (χ3v) is 4.24. The zero-order valence-electron chi connectivity index (χ0n) is 14.0. The first-order valence-corrected chi connectivity index (χ1v) is 8.20. The maximum atomic E-state index is 3.49. The average Bonchev–Trinajstić information content (AvgIpc) is 2.44. The quantitative estimate of drug-likeness (QED) is 0.398. The van der Waals surface area contributed by atoms with Crippen LogP contribution >= 0.6 is 0 Å². The molecular weight excluding hydrogens is 234 g/mol. The minimum Gasteiger partial charge on any atom is -0.303 e. The maximum absolute atomic E-state index is 3.49. The number of likely N-dealkylation sites (N-methyl/N-ethyl adjacent to an activating group) is 3. The van der Waals surface area contributed by atoms with Gasteiger partial charge in [-0.25, -0.2) is 0 Å². The molecule has 19 heavy (non-hydrogen) atoms. The molecule has 0 aromatic heterocycles. The molecule has 3 heteroatoms. The molecule has 0 spiro atoms. The molecule has 0 aromatic rings. The molecule has 0 aliphatic heterocycles. The molecule has 0 atom stereocenters. The van der Waals surface area contributed by atoms with Crippen LogP contribution in [0.5, 0.6) is 0 Å². The predicted molar refractivity (Wildman–Crippen MR) is 86.6 cm³/mol. The zero-order chi connectivity index (χ0) is 14.6. The van der Waals surface area contributed by atoms with Gasteiger partial charge < -0.3 is 15.5 Å². The molecule has 2 N–H and O–H groups in total. The van der Waals surface area contributed by atoms with E-state index in [0.717, 1.165) is 13.1 Å². The molecule has 0 bridgehead atoms. The topological polar surface area (TPSA) is 27.3 Å². The largest absolute Gasteiger partial charge is 0.303 e. The maximum Gasteiger partial charge on any atom is 0.0812 e. The summed E-state index contributed by atoms with van der Waals surface area (Å²) in [5, 5.41) is 6.98. The molecule has 0 aromatic carbocycles. The first-order chi connectivity index (χ1) is 9.14. The van der Waals surface area contributed by atoms with Gasteiger partial charge in [-0.1, -0.05) is 58.8 Å². The first-order valence-electron chi connectivity index (χ1n) is 8.20. The van der Waals surface area contributed by atoms with Crippen molar-refractivity contribution in [2.45, 2.75) is 70.9 Å². The molecule has 0 radical (unpaired) electrons. The minimum absolute atomic E-state index is 0.0776. The lowest BCUT2D eigenvalue weighted by atomic mass is 9.99. The van der Waals surface area contributed by atoms with Crippen LogP contribution in [-0.2, 0) is 0 Å². The van der Waals surface area contributed by atoms with E-state index in [-0.39, 0.29) is 5.66 Å². The van der Waals surface area contributed by atoms with Gasteiger partial charge in [-0.2, -0.15) is 0 Å². The number of nitrogens with one attached hydrogen (secondary N) is 2. The molecule has 116 valence electrons. The molecule has 0 rings (SSSR count). The fourth-order valence-electron chi connectivity index (χ4n) is 2.57. The second-order valence-electron chi connectivity index (χ2n) is 5.78. The SMILES string of the molecule is CCCCCCCCCC(CN(C)CC)(NC)NC. The Morgan fingerprint density at radius 2 is 1.37 bits per heavy atom. The Labute approximate surface area is 121 Å². The summed E-state index contributed by atoms with van der Waals surface area (Å²) < 4.78 is 0. The molecular formula is C16H37N3. The van der Waals surface area contributed by atoms with Crippen molar-refractivity contribution >= 4 is 0 Å². The Bertz CT molecular complexity index is 190. The lowest BCUT2D eigenvalue weighted by Crippen LogP contribution is -2.60. The van der Waals surface area contributed by atoms with Gasteiger partial charge in [-0.15, -0.1) is 0 Å². The van der Waals surface area contributed by atoms with Crippen LogP contribution in [0.3, 0.4) is 0 Å². The van der Waals surface area contributed by atoms with E-state index in [4.69, 9.17) is 0 Å². The highest BCUT2D eigenvalue weighted by molar-refractivity contribution is 4.85. The Morgan fingerprint density at radius 1 is 0.842 bits per heavy atom. The van der Waals surface area contributed by atoms with Crippen molar-refractivity contribution in [3.8, 4) is 0 Å². The van der Waals surface area contributed by atoms with E-state index in [9.17, 15) is 0 Å². The van der Waals surface area contributed by atoms with E-state index in [0.29, 0.717) is 0 Å². The van der Waals surface area contributed by atoms with Crippen molar-refractivity contribution in [1.82, 2.24) is 15.5 Å². The third-order valence-electron chi connectivity index (χ3n) is 4.24. The van der Waals surface area contributed by atoms with E-state index in [1.165, 1.54) is 51.4 Å². The molecule has 0 saturated heterocycles. The van der Waals surface area contributed by atoms with Gasteiger partial charge in [0.15, 0.2) is 0 Å². The van der Waals surface area contributed by atoms with E-state index in [1.54, 1.807) is 0 Å². The van der Waals surface area contributed by atoms with Gasteiger partial charge in [0.25, 0.3) is 0 Å². The number of hydrogen-bond acceptors (Lipinski definition) is 3. The van der Waals surface area contributed by atoms with Gasteiger partial charge in [0.1, 0.15) is 0 Å². The van der Waals surface area contributed by atoms with Crippen LogP contribution in [-0.4, -0.2) is 44.8 Å². The Morgan fingerprint density at radius 3 is 1.84 bits per heavy atom. The van der Waals surface area contributed by atoms with Crippen LogP contribution in [0.25, 0.3) is 0 Å². The summed E-state index contributed by atoms with van der Waals surface area (Å²) >= 11 is 0. The predicted octanol–water partition coefficient (Wildman–Crippen LogP) is 3.21. The van der Waals surface area contributed by atoms with E-state index in [2.05, 4.69) is 50.5 Å². The van der Waals surface area contributed by atoms with Crippen molar-refractivity contribution in [3.63, 3.8) is 0 Å². The minimum atomic E-state index is 0.0776. The van der Waals surface area contributed by atoms with E-state index in [1.807, 2.05) is 0 Å². The summed E-state index contributed by atoms with van der Waals surface area (Å²) in [5.41, 5.74) is 0.0776. The number of rotatable bonds is 13. The van der Waals surface area contributed by atoms with Gasteiger partial charge in [0.05, 0.1) is 5.66 Å². The van der Waals surface area contributed by atoms with Crippen molar-refractivity contribution < 1.29 is 0 Å². The molecule has 3 nitrogen and oxygen atoms in total. The van der Waals surface area contributed by atoms with Crippen LogP contribution in [0, 0.1) is 0 Å². The smallest absolute Gasteiger partial charge is 0.0812 e.